The summed E-state index contributed by atoms with van der Waals surface area (Å²) in [4.78, 5) is 19.8. The maximum Gasteiger partial charge on any atom is 0.255 e. The van der Waals surface area contributed by atoms with Crippen molar-refractivity contribution >= 4 is 34.6 Å². The highest BCUT2D eigenvalue weighted by molar-refractivity contribution is 6.31. The summed E-state index contributed by atoms with van der Waals surface area (Å²) in [6, 6.07) is 13.4. The van der Waals surface area contributed by atoms with Gasteiger partial charge in [0.1, 0.15) is 0 Å². The zero-order valence-electron chi connectivity index (χ0n) is 16.7. The summed E-state index contributed by atoms with van der Waals surface area (Å²) in [7, 11) is 2.13. The molecule has 7 heteroatoms. The van der Waals surface area contributed by atoms with Gasteiger partial charge in [0.2, 0.25) is 0 Å². The van der Waals surface area contributed by atoms with E-state index in [-0.39, 0.29) is 5.91 Å². The molecule has 0 radical (unpaired) electrons. The van der Waals surface area contributed by atoms with Crippen LogP contribution in [0.4, 0.5) is 17.1 Å². The molecule has 2 heterocycles. The van der Waals surface area contributed by atoms with E-state index in [4.69, 9.17) is 16.3 Å². The number of likely N-dealkylation sites (N-methyl/N-ethyl adjacent to an activating group) is 1. The number of piperazine rings is 1. The van der Waals surface area contributed by atoms with Crippen LogP contribution in [0.3, 0.4) is 0 Å². The number of hydrogen-bond donors (Lipinski definition) is 1. The van der Waals surface area contributed by atoms with E-state index in [1.54, 1.807) is 0 Å². The minimum Gasteiger partial charge on any atom is -0.378 e. The highest BCUT2D eigenvalue weighted by Crippen LogP contribution is 2.30. The molecule has 0 saturated carbocycles. The summed E-state index contributed by atoms with van der Waals surface area (Å²) < 4.78 is 5.40. The maximum atomic E-state index is 12.9. The molecule has 2 aliphatic rings. The summed E-state index contributed by atoms with van der Waals surface area (Å²) in [5, 5.41) is 3.67. The third kappa shape index (κ3) is 4.83. The second kappa shape index (κ2) is 9.03. The zero-order valence-corrected chi connectivity index (χ0v) is 17.5. The first kappa shape index (κ1) is 20.0. The fourth-order valence-electron chi connectivity index (χ4n) is 3.77. The topological polar surface area (TPSA) is 48.0 Å². The third-order valence-electron chi connectivity index (χ3n) is 5.56. The molecule has 4 rings (SSSR count). The van der Waals surface area contributed by atoms with Crippen LogP contribution in [0.15, 0.2) is 42.5 Å². The van der Waals surface area contributed by atoms with Gasteiger partial charge in [0.25, 0.3) is 5.91 Å². The van der Waals surface area contributed by atoms with Gasteiger partial charge in [-0.1, -0.05) is 11.6 Å². The summed E-state index contributed by atoms with van der Waals surface area (Å²) in [5.41, 5.74) is 3.52. The van der Waals surface area contributed by atoms with Crippen molar-refractivity contribution in [3.8, 4) is 0 Å². The number of morpholine rings is 1. The van der Waals surface area contributed by atoms with Crippen LogP contribution in [-0.4, -0.2) is 70.3 Å². The van der Waals surface area contributed by atoms with Crippen molar-refractivity contribution < 1.29 is 9.53 Å². The van der Waals surface area contributed by atoms with Crippen LogP contribution < -0.4 is 15.1 Å². The molecule has 2 saturated heterocycles. The average molecular weight is 415 g/mol. The molecule has 0 aromatic heterocycles. The first-order chi connectivity index (χ1) is 14.1. The van der Waals surface area contributed by atoms with E-state index in [0.29, 0.717) is 10.6 Å². The lowest BCUT2D eigenvalue weighted by Crippen LogP contribution is -2.44. The molecular formula is C22H27ClN4O2. The van der Waals surface area contributed by atoms with Gasteiger partial charge in [0.05, 0.1) is 24.6 Å². The van der Waals surface area contributed by atoms with Crippen molar-refractivity contribution in [3.05, 3.63) is 53.1 Å². The molecule has 154 valence electrons. The molecule has 0 unspecified atom stereocenters. The van der Waals surface area contributed by atoms with Crippen LogP contribution >= 0.6 is 11.6 Å². The van der Waals surface area contributed by atoms with Gasteiger partial charge in [0, 0.05) is 55.5 Å². The summed E-state index contributed by atoms with van der Waals surface area (Å²) in [5.74, 6) is -0.129. The van der Waals surface area contributed by atoms with Gasteiger partial charge in [0.15, 0.2) is 0 Å². The largest absolute Gasteiger partial charge is 0.378 e. The number of rotatable bonds is 4. The normalized spacial score (nSPS) is 18.0. The minimum absolute atomic E-state index is 0.129. The predicted molar refractivity (Wildman–Crippen MR) is 119 cm³/mol. The quantitative estimate of drug-likeness (QED) is 0.832. The number of carbonyl (C=O) groups is 1. The SMILES string of the molecule is CN1CCN(c2ccc(Cl)cc2NC(=O)c2ccc(N3CCOCC3)cc2)CC1. The first-order valence-corrected chi connectivity index (χ1v) is 10.4. The summed E-state index contributed by atoms with van der Waals surface area (Å²) >= 11 is 6.22. The standard InChI is InChI=1S/C22H27ClN4O2/c1-25-8-10-27(11-9-25)21-7-4-18(23)16-20(21)24-22(28)17-2-5-19(6-3-17)26-12-14-29-15-13-26/h2-7,16H,8-15H2,1H3,(H,24,28). The maximum absolute atomic E-state index is 12.9. The molecule has 0 bridgehead atoms. The van der Waals surface area contributed by atoms with Gasteiger partial charge in [-0.15, -0.1) is 0 Å². The lowest BCUT2D eigenvalue weighted by Gasteiger charge is -2.35. The minimum atomic E-state index is -0.129. The number of nitrogens with one attached hydrogen (secondary N) is 1. The van der Waals surface area contributed by atoms with Crippen molar-refractivity contribution in [2.45, 2.75) is 0 Å². The second-order valence-corrected chi connectivity index (χ2v) is 7.99. The molecule has 2 aliphatic heterocycles. The number of amides is 1. The number of anilines is 3. The molecule has 2 aromatic carbocycles. The Labute approximate surface area is 177 Å². The number of carbonyl (C=O) groups excluding carboxylic acids is 1. The smallest absolute Gasteiger partial charge is 0.255 e. The van der Waals surface area contributed by atoms with E-state index in [1.807, 2.05) is 42.5 Å². The van der Waals surface area contributed by atoms with Crippen LogP contribution in [0.5, 0.6) is 0 Å². The lowest BCUT2D eigenvalue weighted by molar-refractivity contribution is 0.102. The molecule has 0 aliphatic carbocycles. The molecule has 2 aromatic rings. The Hall–Kier alpha value is -2.28. The number of hydrogen-bond acceptors (Lipinski definition) is 5. The number of halogens is 1. The second-order valence-electron chi connectivity index (χ2n) is 7.55. The van der Waals surface area contributed by atoms with Crippen molar-refractivity contribution in [1.82, 2.24) is 4.90 Å². The third-order valence-corrected chi connectivity index (χ3v) is 5.79. The Kier molecular flexibility index (Phi) is 6.23. The molecule has 1 N–H and O–H groups in total. The Morgan fingerprint density at radius 2 is 1.62 bits per heavy atom. The molecule has 1 amide bonds. The van der Waals surface area contributed by atoms with E-state index in [2.05, 4.69) is 27.1 Å². The molecule has 0 spiro atoms. The Balaban J connectivity index is 1.48. The molecule has 0 atom stereocenters. The summed E-state index contributed by atoms with van der Waals surface area (Å²) in [6.45, 7) is 7.09. The van der Waals surface area contributed by atoms with Crippen molar-refractivity contribution in [2.24, 2.45) is 0 Å². The van der Waals surface area contributed by atoms with Crippen LogP contribution in [0, 0.1) is 0 Å². The Morgan fingerprint density at radius 1 is 0.931 bits per heavy atom. The van der Waals surface area contributed by atoms with Gasteiger partial charge in [-0.2, -0.15) is 0 Å². The van der Waals surface area contributed by atoms with Gasteiger partial charge in [-0.05, 0) is 49.5 Å². The number of ether oxygens (including phenoxy) is 1. The number of benzene rings is 2. The highest BCUT2D eigenvalue weighted by Gasteiger charge is 2.19. The zero-order chi connectivity index (χ0) is 20.2. The lowest BCUT2D eigenvalue weighted by atomic mass is 10.1. The fourth-order valence-corrected chi connectivity index (χ4v) is 3.94. The van der Waals surface area contributed by atoms with E-state index >= 15 is 0 Å². The fraction of sp³-hybridized carbons (Fsp3) is 0.409. The van der Waals surface area contributed by atoms with Gasteiger partial charge < -0.3 is 24.8 Å². The van der Waals surface area contributed by atoms with Gasteiger partial charge in [-0.25, -0.2) is 0 Å². The van der Waals surface area contributed by atoms with Crippen LogP contribution in [-0.2, 0) is 4.74 Å². The predicted octanol–water partition coefficient (Wildman–Crippen LogP) is 3.18. The monoisotopic (exact) mass is 414 g/mol. The van der Waals surface area contributed by atoms with Crippen LogP contribution in [0.1, 0.15) is 10.4 Å². The molecule has 2 fully saturated rings. The van der Waals surface area contributed by atoms with E-state index < -0.39 is 0 Å². The Morgan fingerprint density at radius 3 is 2.31 bits per heavy atom. The average Bonchev–Trinajstić information content (AvgIpc) is 2.75. The van der Waals surface area contributed by atoms with Crippen LogP contribution in [0.2, 0.25) is 5.02 Å². The number of nitrogens with zero attached hydrogens (tertiary/aromatic N) is 3. The van der Waals surface area contributed by atoms with Crippen molar-refractivity contribution in [2.75, 3.05) is 74.6 Å². The van der Waals surface area contributed by atoms with E-state index in [1.165, 1.54) is 0 Å². The van der Waals surface area contributed by atoms with Crippen LogP contribution in [0.25, 0.3) is 0 Å². The highest BCUT2D eigenvalue weighted by atomic mass is 35.5. The van der Waals surface area contributed by atoms with Crippen molar-refractivity contribution in [3.63, 3.8) is 0 Å². The van der Waals surface area contributed by atoms with Gasteiger partial charge in [-0.3, -0.25) is 4.79 Å². The molecule has 29 heavy (non-hydrogen) atoms. The van der Waals surface area contributed by atoms with Gasteiger partial charge >= 0.3 is 0 Å². The molecule has 6 nitrogen and oxygen atoms in total. The first-order valence-electron chi connectivity index (χ1n) is 10.1. The van der Waals surface area contributed by atoms with E-state index in [0.717, 1.165) is 69.5 Å². The van der Waals surface area contributed by atoms with E-state index in [9.17, 15) is 4.79 Å². The van der Waals surface area contributed by atoms with Crippen molar-refractivity contribution in [1.29, 1.82) is 0 Å². The molecular weight excluding hydrogens is 388 g/mol. The Bertz CT molecular complexity index is 844. The summed E-state index contributed by atoms with van der Waals surface area (Å²) in [6.07, 6.45) is 0.